The number of nitrogens with zero attached hydrogens (tertiary/aromatic N) is 2. The highest BCUT2D eigenvalue weighted by Gasteiger charge is 2.50. The molecule has 0 aromatic heterocycles. The Kier molecular flexibility index (Phi) is 5.32. The van der Waals surface area contributed by atoms with Gasteiger partial charge in [-0.3, -0.25) is 14.6 Å². The second-order valence-corrected chi connectivity index (χ2v) is 8.36. The van der Waals surface area contributed by atoms with Gasteiger partial charge in [-0.05, 0) is 43.6 Å². The normalized spacial score (nSPS) is 29.8. The maximum Gasteiger partial charge on any atom is 0.241 e. The Hall–Kier alpha value is -1.39. The molecule has 4 heteroatoms. The molecule has 3 fully saturated rings. The summed E-state index contributed by atoms with van der Waals surface area (Å²) in [6, 6.07) is 11.7. The highest BCUT2D eigenvalue weighted by molar-refractivity contribution is 5.88. The summed E-state index contributed by atoms with van der Waals surface area (Å²) >= 11 is 0. The van der Waals surface area contributed by atoms with Gasteiger partial charge in [0.05, 0.1) is 6.67 Å². The number of likely N-dealkylation sites (tertiary alicyclic amines) is 1. The van der Waals surface area contributed by atoms with Crippen molar-refractivity contribution in [3.8, 4) is 0 Å². The second kappa shape index (κ2) is 7.69. The van der Waals surface area contributed by atoms with Crippen LogP contribution in [0.2, 0.25) is 0 Å². The van der Waals surface area contributed by atoms with Crippen LogP contribution in [-0.2, 0) is 4.79 Å². The van der Waals surface area contributed by atoms with E-state index < -0.39 is 0 Å². The average Bonchev–Trinajstić information content (AvgIpc) is 2.99. The van der Waals surface area contributed by atoms with Gasteiger partial charge >= 0.3 is 0 Å². The molecular weight excluding hydrogens is 322 g/mol. The van der Waals surface area contributed by atoms with E-state index in [4.69, 9.17) is 0 Å². The van der Waals surface area contributed by atoms with Crippen molar-refractivity contribution in [2.24, 2.45) is 0 Å². The maximum absolute atomic E-state index is 12.6. The fourth-order valence-electron chi connectivity index (χ4n) is 5.60. The molecule has 1 spiro atoms. The third-order valence-electron chi connectivity index (χ3n) is 7.00. The van der Waals surface area contributed by atoms with E-state index in [0.29, 0.717) is 12.0 Å². The molecule has 0 unspecified atom stereocenters. The fourth-order valence-corrected chi connectivity index (χ4v) is 5.60. The molecule has 1 saturated carbocycles. The Balaban J connectivity index is 1.47. The molecular formula is C22H33N3O. The molecule has 3 aliphatic rings. The zero-order chi connectivity index (χ0) is 18.0. The molecule has 2 atom stereocenters. The summed E-state index contributed by atoms with van der Waals surface area (Å²) in [5.41, 5.74) is 1.27. The Labute approximate surface area is 157 Å². The van der Waals surface area contributed by atoms with Crippen molar-refractivity contribution in [1.82, 2.24) is 15.1 Å². The first kappa shape index (κ1) is 18.0. The van der Waals surface area contributed by atoms with E-state index in [1.807, 2.05) is 0 Å². The van der Waals surface area contributed by atoms with Gasteiger partial charge in [0.15, 0.2) is 0 Å². The van der Waals surface area contributed by atoms with Crippen molar-refractivity contribution < 1.29 is 4.79 Å². The topological polar surface area (TPSA) is 35.6 Å². The zero-order valence-corrected chi connectivity index (χ0v) is 16.1. The molecule has 0 radical (unpaired) electrons. The number of nitrogens with one attached hydrogen (secondary N) is 1. The van der Waals surface area contributed by atoms with E-state index in [1.165, 1.54) is 31.2 Å². The lowest BCUT2D eigenvalue weighted by molar-refractivity contribution is -0.129. The van der Waals surface area contributed by atoms with Crippen molar-refractivity contribution in [2.45, 2.75) is 69.4 Å². The minimum Gasteiger partial charge on any atom is -0.342 e. The number of benzene rings is 1. The van der Waals surface area contributed by atoms with Gasteiger partial charge in [0, 0.05) is 25.7 Å². The van der Waals surface area contributed by atoms with Crippen LogP contribution in [0.3, 0.4) is 0 Å². The van der Waals surface area contributed by atoms with Gasteiger partial charge in [0.25, 0.3) is 0 Å². The van der Waals surface area contributed by atoms with Crippen LogP contribution in [0.5, 0.6) is 0 Å². The van der Waals surface area contributed by atoms with Crippen molar-refractivity contribution in [3.05, 3.63) is 35.9 Å². The summed E-state index contributed by atoms with van der Waals surface area (Å²) in [5.74, 6) is 0.928. The van der Waals surface area contributed by atoms with Crippen molar-refractivity contribution in [3.63, 3.8) is 0 Å². The van der Waals surface area contributed by atoms with Crippen LogP contribution in [0, 0.1) is 0 Å². The van der Waals surface area contributed by atoms with E-state index in [-0.39, 0.29) is 11.4 Å². The van der Waals surface area contributed by atoms with Crippen LogP contribution < -0.4 is 5.32 Å². The highest BCUT2D eigenvalue weighted by Crippen LogP contribution is 2.40. The molecule has 4 rings (SSSR count). The minimum absolute atomic E-state index is 0.233. The van der Waals surface area contributed by atoms with Gasteiger partial charge in [-0.2, -0.15) is 0 Å². The second-order valence-electron chi connectivity index (χ2n) is 8.36. The molecule has 2 saturated heterocycles. The first-order valence-corrected chi connectivity index (χ1v) is 10.6. The molecule has 1 aromatic carbocycles. The van der Waals surface area contributed by atoms with E-state index >= 15 is 0 Å². The van der Waals surface area contributed by atoms with Crippen LogP contribution >= 0.6 is 0 Å². The van der Waals surface area contributed by atoms with Crippen LogP contribution in [0.25, 0.3) is 0 Å². The van der Waals surface area contributed by atoms with Crippen LogP contribution in [0.15, 0.2) is 30.3 Å². The Morgan fingerprint density at radius 3 is 2.58 bits per heavy atom. The van der Waals surface area contributed by atoms with Gasteiger partial charge in [0.2, 0.25) is 5.91 Å². The molecule has 1 N–H and O–H groups in total. The number of hydrogen-bond donors (Lipinski definition) is 1. The predicted octanol–water partition coefficient (Wildman–Crippen LogP) is 3.35. The standard InChI is InChI=1S/C22H33N3O/c1-2-14-25-17-23-21(26)22(25)12-15-24(16-13-22)20-11-7-6-10-19(20)18-8-4-3-5-9-18/h3-5,8-9,19-20H,2,6-7,10-17H2,1H3,(H,23,26)/t19-,20-/m1/s1. The first-order chi connectivity index (χ1) is 12.7. The maximum atomic E-state index is 12.6. The SMILES string of the molecule is CCCN1CNC(=O)C12CCN([C@@H]1CCCC[C@@H]1c1ccccc1)CC2. The molecule has 1 aliphatic carbocycles. The molecule has 2 heterocycles. The van der Waals surface area contributed by atoms with Gasteiger partial charge in [0.1, 0.15) is 5.54 Å². The molecule has 0 bridgehead atoms. The molecule has 142 valence electrons. The molecule has 2 aliphatic heterocycles. The minimum atomic E-state index is -0.233. The fraction of sp³-hybridized carbons (Fsp3) is 0.682. The van der Waals surface area contributed by atoms with Crippen LogP contribution in [0.1, 0.15) is 63.4 Å². The first-order valence-electron chi connectivity index (χ1n) is 10.6. The van der Waals surface area contributed by atoms with Gasteiger partial charge in [-0.25, -0.2) is 0 Å². The number of hydrogen-bond acceptors (Lipinski definition) is 3. The third-order valence-corrected chi connectivity index (χ3v) is 7.00. The van der Waals surface area contributed by atoms with Gasteiger partial charge < -0.3 is 5.32 Å². The Morgan fingerprint density at radius 2 is 1.85 bits per heavy atom. The quantitative estimate of drug-likeness (QED) is 0.900. The summed E-state index contributed by atoms with van der Waals surface area (Å²) in [5, 5.41) is 3.11. The number of carbonyl (C=O) groups excluding carboxylic acids is 1. The zero-order valence-electron chi connectivity index (χ0n) is 16.1. The van der Waals surface area contributed by atoms with Crippen molar-refractivity contribution in [1.29, 1.82) is 0 Å². The van der Waals surface area contributed by atoms with Crippen LogP contribution in [-0.4, -0.2) is 53.6 Å². The number of amides is 1. The largest absolute Gasteiger partial charge is 0.342 e. The molecule has 4 nitrogen and oxygen atoms in total. The van der Waals surface area contributed by atoms with E-state index in [0.717, 1.165) is 45.6 Å². The summed E-state index contributed by atoms with van der Waals surface area (Å²) in [4.78, 5) is 17.7. The summed E-state index contributed by atoms with van der Waals surface area (Å²) in [7, 11) is 0. The van der Waals surface area contributed by atoms with Gasteiger partial charge in [-0.1, -0.05) is 50.1 Å². The average molecular weight is 356 g/mol. The third kappa shape index (κ3) is 3.18. The smallest absolute Gasteiger partial charge is 0.241 e. The van der Waals surface area contributed by atoms with Crippen molar-refractivity contribution in [2.75, 3.05) is 26.3 Å². The molecule has 1 amide bonds. The number of carbonyl (C=O) groups is 1. The lowest BCUT2D eigenvalue weighted by atomic mass is 9.77. The van der Waals surface area contributed by atoms with Crippen molar-refractivity contribution >= 4 is 5.91 Å². The summed E-state index contributed by atoms with van der Waals surface area (Å²) < 4.78 is 0. The highest BCUT2D eigenvalue weighted by atomic mass is 16.2. The van der Waals surface area contributed by atoms with Gasteiger partial charge in [-0.15, -0.1) is 0 Å². The number of rotatable bonds is 4. The van der Waals surface area contributed by atoms with E-state index in [1.54, 1.807) is 0 Å². The van der Waals surface area contributed by atoms with E-state index in [9.17, 15) is 4.79 Å². The summed E-state index contributed by atoms with van der Waals surface area (Å²) in [6.45, 7) is 6.08. The monoisotopic (exact) mass is 355 g/mol. The van der Waals surface area contributed by atoms with E-state index in [2.05, 4.69) is 52.4 Å². The summed E-state index contributed by atoms with van der Waals surface area (Å²) in [6.07, 6.45) is 8.38. The number of piperidine rings is 1. The predicted molar refractivity (Wildman–Crippen MR) is 105 cm³/mol. The Morgan fingerprint density at radius 1 is 1.12 bits per heavy atom. The lowest BCUT2D eigenvalue weighted by Crippen LogP contribution is -2.58. The Bertz CT molecular complexity index is 609. The molecule has 1 aromatic rings. The van der Waals surface area contributed by atoms with Crippen LogP contribution in [0.4, 0.5) is 0 Å². The lowest BCUT2D eigenvalue weighted by Gasteiger charge is -2.47. The molecule has 26 heavy (non-hydrogen) atoms.